The van der Waals surface area contributed by atoms with Crippen molar-refractivity contribution in [3.8, 4) is 0 Å². The van der Waals surface area contributed by atoms with Crippen LogP contribution >= 0.6 is 27.7 Å². The molecule has 1 unspecified atom stereocenters. The number of nitrogens with zero attached hydrogens (tertiary/aromatic N) is 1. The van der Waals surface area contributed by atoms with Gasteiger partial charge in [0.05, 0.1) is 0 Å². The molecule has 0 radical (unpaired) electrons. The molecule has 0 heterocycles. The summed E-state index contributed by atoms with van der Waals surface area (Å²) in [5.41, 5.74) is 3.23. The Kier molecular flexibility index (Phi) is 10.4. The second kappa shape index (κ2) is 13.5. The third kappa shape index (κ3) is 8.86. The number of aryl methyl sites for hydroxylation is 1. The maximum atomic E-state index is 13.6. The molecule has 0 saturated heterocycles. The Morgan fingerprint density at radius 2 is 1.57 bits per heavy atom. The van der Waals surface area contributed by atoms with E-state index in [1.165, 1.54) is 5.56 Å². The van der Waals surface area contributed by atoms with Crippen molar-refractivity contribution in [1.29, 1.82) is 0 Å². The normalized spacial score (nSPS) is 11.8. The fourth-order valence-corrected chi connectivity index (χ4v) is 4.86. The van der Waals surface area contributed by atoms with E-state index in [-0.39, 0.29) is 17.9 Å². The summed E-state index contributed by atoms with van der Waals surface area (Å²) in [4.78, 5) is 29.9. The summed E-state index contributed by atoms with van der Waals surface area (Å²) in [6.07, 6.45) is 0.822. The summed E-state index contributed by atoms with van der Waals surface area (Å²) in [7, 11) is 0. The second-order valence-corrected chi connectivity index (χ2v) is 11.0. The van der Waals surface area contributed by atoms with Gasteiger partial charge in [-0.2, -0.15) is 0 Å². The third-order valence-corrected chi connectivity index (χ3v) is 7.12. The van der Waals surface area contributed by atoms with E-state index < -0.39 is 6.04 Å². The second-order valence-electron chi connectivity index (χ2n) is 8.93. The van der Waals surface area contributed by atoms with Crippen molar-refractivity contribution in [2.24, 2.45) is 0 Å². The predicted octanol–water partition coefficient (Wildman–Crippen LogP) is 6.40. The molecule has 1 atom stereocenters. The monoisotopic (exact) mass is 552 g/mol. The molecule has 0 saturated carbocycles. The highest BCUT2D eigenvalue weighted by molar-refractivity contribution is 9.10. The minimum atomic E-state index is -0.597. The van der Waals surface area contributed by atoms with Crippen molar-refractivity contribution in [3.63, 3.8) is 0 Å². The lowest BCUT2D eigenvalue weighted by Crippen LogP contribution is -2.51. The molecular formula is C29H33BrN2O2S. The van der Waals surface area contributed by atoms with E-state index in [0.29, 0.717) is 25.1 Å². The van der Waals surface area contributed by atoms with E-state index in [9.17, 15) is 9.59 Å². The van der Waals surface area contributed by atoms with Crippen LogP contribution in [0.5, 0.6) is 0 Å². The summed E-state index contributed by atoms with van der Waals surface area (Å²) in [5, 5.41) is 3.04. The van der Waals surface area contributed by atoms with Crippen molar-refractivity contribution in [2.45, 2.75) is 57.1 Å². The number of thioether (sulfide) groups is 1. The zero-order valence-corrected chi connectivity index (χ0v) is 22.9. The van der Waals surface area contributed by atoms with Gasteiger partial charge in [0.25, 0.3) is 0 Å². The first-order valence-electron chi connectivity index (χ1n) is 11.9. The van der Waals surface area contributed by atoms with Gasteiger partial charge in [0, 0.05) is 40.5 Å². The zero-order valence-electron chi connectivity index (χ0n) is 20.5. The summed E-state index contributed by atoms with van der Waals surface area (Å²) in [6, 6.07) is 25.5. The van der Waals surface area contributed by atoms with Crippen LogP contribution < -0.4 is 5.32 Å². The Morgan fingerprint density at radius 1 is 0.914 bits per heavy atom. The van der Waals surface area contributed by atoms with Crippen molar-refractivity contribution in [1.82, 2.24) is 10.2 Å². The van der Waals surface area contributed by atoms with E-state index >= 15 is 0 Å². The van der Waals surface area contributed by atoms with Crippen LogP contribution in [0.2, 0.25) is 0 Å². The fourth-order valence-electron chi connectivity index (χ4n) is 3.76. The Bertz CT molecular complexity index is 1090. The Balaban J connectivity index is 1.83. The highest BCUT2D eigenvalue weighted by atomic mass is 79.9. The number of amides is 2. The van der Waals surface area contributed by atoms with Gasteiger partial charge in [0.15, 0.2) is 0 Å². The molecule has 3 rings (SSSR count). The first-order valence-corrected chi connectivity index (χ1v) is 13.7. The van der Waals surface area contributed by atoms with Crippen LogP contribution in [-0.2, 0) is 22.6 Å². The molecule has 0 aliphatic rings. The molecular weight excluding hydrogens is 520 g/mol. The van der Waals surface area contributed by atoms with Gasteiger partial charge in [-0.1, -0.05) is 76.1 Å². The lowest BCUT2D eigenvalue weighted by molar-refractivity contribution is -0.141. The van der Waals surface area contributed by atoms with Gasteiger partial charge in [-0.05, 0) is 56.2 Å². The number of hydrogen-bond donors (Lipinski definition) is 1. The molecule has 0 aliphatic heterocycles. The summed E-state index contributed by atoms with van der Waals surface area (Å²) >= 11 is 5.14. The van der Waals surface area contributed by atoms with Crippen LogP contribution in [-0.4, -0.2) is 34.6 Å². The van der Waals surface area contributed by atoms with Gasteiger partial charge in [-0.25, -0.2) is 0 Å². The molecule has 2 amide bonds. The first kappa shape index (κ1) is 27.0. The number of carbonyl (C=O) groups is 2. The third-order valence-electron chi connectivity index (χ3n) is 5.57. The van der Waals surface area contributed by atoms with Crippen molar-refractivity contribution >= 4 is 39.5 Å². The molecule has 0 spiro atoms. The molecule has 1 N–H and O–H groups in total. The number of nitrogens with one attached hydrogen (secondary N) is 1. The van der Waals surface area contributed by atoms with Crippen LogP contribution in [0, 0.1) is 6.92 Å². The van der Waals surface area contributed by atoms with E-state index in [1.807, 2.05) is 68.4 Å². The van der Waals surface area contributed by atoms with E-state index in [2.05, 4.69) is 52.4 Å². The fraction of sp³-hybridized carbons (Fsp3) is 0.310. The maximum absolute atomic E-state index is 13.6. The summed E-state index contributed by atoms with van der Waals surface area (Å²) < 4.78 is 0.979. The van der Waals surface area contributed by atoms with Gasteiger partial charge in [0.1, 0.15) is 6.04 Å². The lowest BCUT2D eigenvalue weighted by atomic mass is 10.0. The predicted molar refractivity (Wildman–Crippen MR) is 148 cm³/mol. The van der Waals surface area contributed by atoms with Gasteiger partial charge in [0.2, 0.25) is 11.8 Å². The van der Waals surface area contributed by atoms with Crippen molar-refractivity contribution in [2.75, 3.05) is 5.75 Å². The molecule has 0 aromatic heterocycles. The summed E-state index contributed by atoms with van der Waals surface area (Å²) in [6.45, 7) is 6.32. The number of hydrogen-bond acceptors (Lipinski definition) is 3. The zero-order chi connectivity index (χ0) is 25.2. The topological polar surface area (TPSA) is 49.4 Å². The minimum absolute atomic E-state index is 0.0116. The first-order chi connectivity index (χ1) is 16.8. The van der Waals surface area contributed by atoms with E-state index in [4.69, 9.17) is 0 Å². The molecule has 0 aliphatic carbocycles. The van der Waals surface area contributed by atoms with Crippen molar-refractivity contribution in [3.05, 3.63) is 100 Å². The molecule has 0 fully saturated rings. The molecule has 35 heavy (non-hydrogen) atoms. The number of halogens is 1. The van der Waals surface area contributed by atoms with E-state index in [0.717, 1.165) is 20.5 Å². The smallest absolute Gasteiger partial charge is 0.243 e. The SMILES string of the molecule is Cc1ccc(SCCC(=O)N(Cc2ccc(Br)cc2)C(Cc2ccccc2)C(=O)NC(C)C)cc1. The summed E-state index contributed by atoms with van der Waals surface area (Å²) in [5.74, 6) is 0.510. The quantitative estimate of drug-likeness (QED) is 0.280. The van der Waals surface area contributed by atoms with Gasteiger partial charge >= 0.3 is 0 Å². The molecule has 3 aromatic carbocycles. The maximum Gasteiger partial charge on any atom is 0.243 e. The highest BCUT2D eigenvalue weighted by Gasteiger charge is 2.30. The number of rotatable bonds is 11. The average molecular weight is 554 g/mol. The molecule has 6 heteroatoms. The number of carbonyl (C=O) groups excluding carboxylic acids is 2. The van der Waals surface area contributed by atoms with Crippen LogP contribution in [0.4, 0.5) is 0 Å². The largest absolute Gasteiger partial charge is 0.352 e. The van der Waals surface area contributed by atoms with Crippen LogP contribution in [0.25, 0.3) is 0 Å². The van der Waals surface area contributed by atoms with Crippen molar-refractivity contribution < 1.29 is 9.59 Å². The highest BCUT2D eigenvalue weighted by Crippen LogP contribution is 2.22. The van der Waals surface area contributed by atoms with Gasteiger partial charge in [-0.3, -0.25) is 9.59 Å². The average Bonchev–Trinajstić information content (AvgIpc) is 2.84. The lowest BCUT2D eigenvalue weighted by Gasteiger charge is -2.32. The van der Waals surface area contributed by atoms with E-state index in [1.54, 1.807) is 16.7 Å². The standard InChI is InChI=1S/C29H33BrN2O2S/c1-21(2)31-29(34)27(19-23-7-5-4-6-8-23)32(20-24-11-13-25(30)14-12-24)28(33)17-18-35-26-15-9-22(3)10-16-26/h4-16,21,27H,17-20H2,1-3H3,(H,31,34). The molecule has 0 bridgehead atoms. The molecule has 184 valence electrons. The molecule has 3 aromatic rings. The minimum Gasteiger partial charge on any atom is -0.352 e. The molecule has 4 nitrogen and oxygen atoms in total. The van der Waals surface area contributed by atoms with Gasteiger partial charge < -0.3 is 10.2 Å². The van der Waals surface area contributed by atoms with Crippen LogP contribution in [0.1, 0.15) is 37.0 Å². The Hall–Kier alpha value is -2.57. The van der Waals surface area contributed by atoms with Crippen LogP contribution in [0.3, 0.4) is 0 Å². The Morgan fingerprint density at radius 3 is 2.20 bits per heavy atom. The van der Waals surface area contributed by atoms with Crippen LogP contribution in [0.15, 0.2) is 88.2 Å². The number of benzene rings is 3. The Labute approximate surface area is 221 Å². The van der Waals surface area contributed by atoms with Gasteiger partial charge in [-0.15, -0.1) is 11.8 Å².